The van der Waals surface area contributed by atoms with Crippen molar-refractivity contribution < 1.29 is 14.6 Å². The zero-order valence-corrected chi connectivity index (χ0v) is 12.3. The molecule has 1 aliphatic rings. The Labute approximate surface area is 120 Å². The number of ketones is 1. The summed E-state index contributed by atoms with van der Waals surface area (Å²) in [6, 6.07) is 5.63. The molecule has 1 aromatic carbocycles. The van der Waals surface area contributed by atoms with E-state index in [1.54, 1.807) is 6.92 Å². The summed E-state index contributed by atoms with van der Waals surface area (Å²) in [6.45, 7) is 7.08. The van der Waals surface area contributed by atoms with Crippen molar-refractivity contribution in [2.75, 3.05) is 26.3 Å². The number of nitrogens with zero attached hydrogens (tertiary/aromatic N) is 1. The van der Waals surface area contributed by atoms with Crippen molar-refractivity contribution >= 4 is 5.78 Å². The Balaban J connectivity index is 2.15. The van der Waals surface area contributed by atoms with Gasteiger partial charge in [-0.1, -0.05) is 0 Å². The second-order valence-corrected chi connectivity index (χ2v) is 5.38. The second-order valence-electron chi connectivity index (χ2n) is 5.38. The van der Waals surface area contributed by atoms with E-state index < -0.39 is 0 Å². The molecule has 1 atom stereocenters. The molecule has 110 valence electrons. The molecule has 1 heterocycles. The molecule has 1 aliphatic heterocycles. The quantitative estimate of drug-likeness (QED) is 0.809. The van der Waals surface area contributed by atoms with Crippen LogP contribution in [0.25, 0.3) is 0 Å². The van der Waals surface area contributed by atoms with Crippen molar-refractivity contribution in [1.82, 2.24) is 4.90 Å². The van der Waals surface area contributed by atoms with Gasteiger partial charge in [-0.15, -0.1) is 0 Å². The topological polar surface area (TPSA) is 49.8 Å². The SMILES string of the molecule is CCOc1ccc(C(C)=O)cc1CN1CCC(CO)C1. The van der Waals surface area contributed by atoms with Crippen molar-refractivity contribution in [2.45, 2.75) is 26.8 Å². The molecule has 1 saturated heterocycles. The van der Waals surface area contributed by atoms with E-state index in [4.69, 9.17) is 4.74 Å². The van der Waals surface area contributed by atoms with E-state index in [9.17, 15) is 9.90 Å². The molecule has 0 aliphatic carbocycles. The van der Waals surface area contributed by atoms with Crippen molar-refractivity contribution in [3.8, 4) is 5.75 Å². The lowest BCUT2D eigenvalue weighted by Crippen LogP contribution is -2.21. The average Bonchev–Trinajstić information content (AvgIpc) is 2.88. The number of Topliss-reactive ketones (excluding diaryl/α,β-unsaturated/α-hetero) is 1. The third kappa shape index (κ3) is 3.58. The third-order valence-electron chi connectivity index (χ3n) is 3.79. The average molecular weight is 277 g/mol. The number of benzene rings is 1. The summed E-state index contributed by atoms with van der Waals surface area (Å²) >= 11 is 0. The standard InChI is InChI=1S/C16H23NO3/c1-3-20-16-5-4-14(12(2)19)8-15(16)10-17-7-6-13(9-17)11-18/h4-5,8,13,18H,3,6-7,9-11H2,1-2H3. The minimum Gasteiger partial charge on any atom is -0.494 e. The van der Waals surface area contributed by atoms with E-state index in [1.165, 1.54) is 0 Å². The maximum atomic E-state index is 11.5. The molecule has 4 heteroatoms. The van der Waals surface area contributed by atoms with Crippen molar-refractivity contribution in [3.05, 3.63) is 29.3 Å². The summed E-state index contributed by atoms with van der Waals surface area (Å²) in [6.07, 6.45) is 1.03. The normalized spacial score (nSPS) is 19.2. The van der Waals surface area contributed by atoms with E-state index in [0.717, 1.165) is 42.9 Å². The molecule has 0 bridgehead atoms. The lowest BCUT2D eigenvalue weighted by Gasteiger charge is -2.18. The maximum absolute atomic E-state index is 11.5. The number of rotatable bonds is 6. The van der Waals surface area contributed by atoms with Gasteiger partial charge in [-0.05, 0) is 50.9 Å². The van der Waals surface area contributed by atoms with Crippen LogP contribution in [0.5, 0.6) is 5.75 Å². The first-order chi connectivity index (χ1) is 9.63. The van der Waals surface area contributed by atoms with Crippen LogP contribution in [0.2, 0.25) is 0 Å². The van der Waals surface area contributed by atoms with Crippen LogP contribution >= 0.6 is 0 Å². The van der Waals surface area contributed by atoms with Gasteiger partial charge in [-0.3, -0.25) is 9.69 Å². The van der Waals surface area contributed by atoms with Crippen molar-refractivity contribution in [3.63, 3.8) is 0 Å². The van der Waals surface area contributed by atoms with Crippen LogP contribution in [0.1, 0.15) is 36.2 Å². The summed E-state index contributed by atoms with van der Waals surface area (Å²) in [4.78, 5) is 13.8. The molecule has 0 aromatic heterocycles. The second kappa shape index (κ2) is 6.86. The Morgan fingerprint density at radius 2 is 2.30 bits per heavy atom. The van der Waals surface area contributed by atoms with Crippen molar-refractivity contribution in [2.24, 2.45) is 5.92 Å². The Morgan fingerprint density at radius 1 is 1.50 bits per heavy atom. The lowest BCUT2D eigenvalue weighted by molar-refractivity contribution is 0.101. The fourth-order valence-electron chi connectivity index (χ4n) is 2.66. The highest BCUT2D eigenvalue weighted by molar-refractivity contribution is 5.94. The molecule has 0 saturated carbocycles. The van der Waals surface area contributed by atoms with E-state index >= 15 is 0 Å². The largest absolute Gasteiger partial charge is 0.494 e. The van der Waals surface area contributed by atoms with Crippen LogP contribution in [-0.2, 0) is 6.54 Å². The Hall–Kier alpha value is -1.39. The zero-order chi connectivity index (χ0) is 14.5. The van der Waals surface area contributed by atoms with Gasteiger partial charge in [0.25, 0.3) is 0 Å². The molecule has 20 heavy (non-hydrogen) atoms. The van der Waals surface area contributed by atoms with Gasteiger partial charge in [-0.2, -0.15) is 0 Å². The van der Waals surface area contributed by atoms with Crippen molar-refractivity contribution in [1.29, 1.82) is 0 Å². The van der Waals surface area contributed by atoms with Crippen LogP contribution in [-0.4, -0.2) is 42.1 Å². The highest BCUT2D eigenvalue weighted by Gasteiger charge is 2.22. The summed E-state index contributed by atoms with van der Waals surface area (Å²) in [5.74, 6) is 1.30. The number of hydrogen-bond donors (Lipinski definition) is 1. The predicted molar refractivity (Wildman–Crippen MR) is 78.1 cm³/mol. The molecule has 0 spiro atoms. The fraction of sp³-hybridized carbons (Fsp3) is 0.562. The van der Waals surface area contributed by atoms with Crippen LogP contribution in [0.15, 0.2) is 18.2 Å². The van der Waals surface area contributed by atoms with Crippen LogP contribution in [0, 0.1) is 5.92 Å². The molecule has 2 rings (SSSR count). The fourth-order valence-corrected chi connectivity index (χ4v) is 2.66. The van der Waals surface area contributed by atoms with E-state index in [2.05, 4.69) is 4.90 Å². The predicted octanol–water partition coefficient (Wildman–Crippen LogP) is 2.10. The van der Waals surface area contributed by atoms with Gasteiger partial charge in [0.2, 0.25) is 0 Å². The van der Waals surface area contributed by atoms with Crippen LogP contribution in [0.4, 0.5) is 0 Å². The first-order valence-corrected chi connectivity index (χ1v) is 7.24. The van der Waals surface area contributed by atoms with Crippen LogP contribution < -0.4 is 4.74 Å². The molecule has 1 N–H and O–H groups in total. The molecule has 0 radical (unpaired) electrons. The van der Waals surface area contributed by atoms with Gasteiger partial charge in [0.15, 0.2) is 5.78 Å². The number of hydrogen-bond acceptors (Lipinski definition) is 4. The number of carbonyl (C=O) groups excluding carboxylic acids is 1. The monoisotopic (exact) mass is 277 g/mol. The van der Waals surface area contributed by atoms with E-state index in [1.807, 2.05) is 25.1 Å². The van der Waals surface area contributed by atoms with Gasteiger partial charge in [0.05, 0.1) is 6.61 Å². The lowest BCUT2D eigenvalue weighted by atomic mass is 10.1. The summed E-state index contributed by atoms with van der Waals surface area (Å²) < 4.78 is 5.65. The molecule has 1 fully saturated rings. The highest BCUT2D eigenvalue weighted by atomic mass is 16.5. The number of ether oxygens (including phenoxy) is 1. The Morgan fingerprint density at radius 3 is 2.90 bits per heavy atom. The molecular formula is C16H23NO3. The molecule has 1 aromatic rings. The molecule has 1 unspecified atom stereocenters. The van der Waals surface area contributed by atoms with E-state index in [-0.39, 0.29) is 12.4 Å². The molecule has 0 amide bonds. The highest BCUT2D eigenvalue weighted by Crippen LogP contribution is 2.25. The maximum Gasteiger partial charge on any atom is 0.159 e. The zero-order valence-electron chi connectivity index (χ0n) is 12.3. The summed E-state index contributed by atoms with van der Waals surface area (Å²) in [5, 5.41) is 9.21. The van der Waals surface area contributed by atoms with Gasteiger partial charge < -0.3 is 9.84 Å². The summed E-state index contributed by atoms with van der Waals surface area (Å²) in [5.41, 5.74) is 1.78. The van der Waals surface area contributed by atoms with Gasteiger partial charge >= 0.3 is 0 Å². The molecular weight excluding hydrogens is 254 g/mol. The van der Waals surface area contributed by atoms with Gasteiger partial charge in [-0.25, -0.2) is 0 Å². The minimum atomic E-state index is 0.0731. The Bertz CT molecular complexity index is 473. The first-order valence-electron chi connectivity index (χ1n) is 7.24. The number of aliphatic hydroxyl groups excluding tert-OH is 1. The smallest absolute Gasteiger partial charge is 0.159 e. The number of likely N-dealkylation sites (tertiary alicyclic amines) is 1. The number of aliphatic hydroxyl groups is 1. The first kappa shape index (κ1) is 15.0. The number of carbonyl (C=O) groups is 1. The summed E-state index contributed by atoms with van der Waals surface area (Å²) in [7, 11) is 0. The van der Waals surface area contributed by atoms with E-state index in [0.29, 0.717) is 12.5 Å². The minimum absolute atomic E-state index is 0.0731. The third-order valence-corrected chi connectivity index (χ3v) is 3.79. The van der Waals surface area contributed by atoms with Gasteiger partial charge in [0.1, 0.15) is 5.75 Å². The Kier molecular flexibility index (Phi) is 5.15. The molecule has 4 nitrogen and oxygen atoms in total. The van der Waals surface area contributed by atoms with Crippen LogP contribution in [0.3, 0.4) is 0 Å². The van der Waals surface area contributed by atoms with Gasteiger partial charge in [0, 0.05) is 30.8 Å².